The second kappa shape index (κ2) is 10.5. The van der Waals surface area contributed by atoms with Crippen molar-refractivity contribution in [2.45, 2.75) is 19.3 Å². The predicted molar refractivity (Wildman–Crippen MR) is 116 cm³/mol. The molecule has 164 valence electrons. The van der Waals surface area contributed by atoms with E-state index in [1.165, 1.54) is 18.2 Å². The number of benzene rings is 2. The van der Waals surface area contributed by atoms with Crippen LogP contribution in [0.15, 0.2) is 59.1 Å². The fraction of sp³-hybridized carbons (Fsp3) is 0.238. The fourth-order valence-corrected chi connectivity index (χ4v) is 3.18. The largest absolute Gasteiger partial charge is 0.573 e. The Hall–Kier alpha value is -2.85. The van der Waals surface area contributed by atoms with Gasteiger partial charge < -0.3 is 20.5 Å². The highest BCUT2D eigenvalue weighted by atomic mass is 79.9. The first-order valence-corrected chi connectivity index (χ1v) is 10.2. The van der Waals surface area contributed by atoms with E-state index >= 15 is 0 Å². The van der Waals surface area contributed by atoms with Crippen LogP contribution in [0.2, 0.25) is 0 Å². The molecule has 10 heteroatoms. The van der Waals surface area contributed by atoms with Gasteiger partial charge in [0.2, 0.25) is 5.95 Å². The van der Waals surface area contributed by atoms with Gasteiger partial charge in [-0.25, -0.2) is 4.98 Å². The number of aromatic nitrogens is 2. The van der Waals surface area contributed by atoms with Gasteiger partial charge in [0.1, 0.15) is 11.6 Å². The molecule has 0 saturated heterocycles. The first kappa shape index (κ1) is 22.8. The van der Waals surface area contributed by atoms with Crippen molar-refractivity contribution in [1.82, 2.24) is 9.97 Å². The molecule has 3 rings (SSSR count). The zero-order valence-corrected chi connectivity index (χ0v) is 17.9. The summed E-state index contributed by atoms with van der Waals surface area (Å²) in [6, 6.07) is 15.0. The van der Waals surface area contributed by atoms with E-state index in [0.717, 1.165) is 10.0 Å². The number of aliphatic hydroxyl groups is 1. The Kier molecular flexibility index (Phi) is 7.69. The SMILES string of the molecule is OCCCNc1nc(NCc2cccc(Br)c2)cc(-c2cccc(OC(F)(F)F)c2)n1. The van der Waals surface area contributed by atoms with E-state index in [0.29, 0.717) is 42.5 Å². The van der Waals surface area contributed by atoms with E-state index in [1.54, 1.807) is 12.1 Å². The minimum atomic E-state index is -4.78. The first-order valence-electron chi connectivity index (χ1n) is 9.41. The van der Waals surface area contributed by atoms with Crippen LogP contribution in [0.25, 0.3) is 11.3 Å². The summed E-state index contributed by atoms with van der Waals surface area (Å²) in [6.07, 6.45) is -4.28. The molecule has 0 aliphatic heterocycles. The van der Waals surface area contributed by atoms with Gasteiger partial charge in [-0.2, -0.15) is 4.98 Å². The van der Waals surface area contributed by atoms with Crippen LogP contribution >= 0.6 is 15.9 Å². The number of nitrogens with one attached hydrogen (secondary N) is 2. The van der Waals surface area contributed by atoms with Crippen LogP contribution < -0.4 is 15.4 Å². The Bertz CT molecular complexity index is 1020. The van der Waals surface area contributed by atoms with E-state index < -0.39 is 6.36 Å². The third-order valence-corrected chi connectivity index (χ3v) is 4.56. The maximum Gasteiger partial charge on any atom is 0.573 e. The maximum absolute atomic E-state index is 12.6. The molecule has 0 aliphatic rings. The molecule has 0 fully saturated rings. The predicted octanol–water partition coefficient (Wildman–Crippen LogP) is 5.21. The summed E-state index contributed by atoms with van der Waals surface area (Å²) in [4.78, 5) is 8.81. The normalized spacial score (nSPS) is 11.3. The Morgan fingerprint density at radius 2 is 1.81 bits per heavy atom. The highest BCUT2D eigenvalue weighted by molar-refractivity contribution is 9.10. The summed E-state index contributed by atoms with van der Waals surface area (Å²) in [5.74, 6) is 0.463. The second-order valence-corrected chi connectivity index (χ2v) is 7.44. The first-order chi connectivity index (χ1) is 14.8. The number of alkyl halides is 3. The smallest absolute Gasteiger partial charge is 0.406 e. The topological polar surface area (TPSA) is 79.3 Å². The van der Waals surface area contributed by atoms with Crippen LogP contribution in [0.5, 0.6) is 5.75 Å². The lowest BCUT2D eigenvalue weighted by Crippen LogP contribution is -2.17. The summed E-state index contributed by atoms with van der Waals surface area (Å²) >= 11 is 3.43. The van der Waals surface area contributed by atoms with Crippen LogP contribution in [0.4, 0.5) is 24.9 Å². The van der Waals surface area contributed by atoms with Gasteiger partial charge in [-0.05, 0) is 36.2 Å². The molecule has 6 nitrogen and oxygen atoms in total. The maximum atomic E-state index is 12.6. The van der Waals surface area contributed by atoms with E-state index in [9.17, 15) is 13.2 Å². The molecular formula is C21H20BrF3N4O2. The monoisotopic (exact) mass is 496 g/mol. The van der Waals surface area contributed by atoms with Crippen molar-refractivity contribution in [3.05, 3.63) is 64.6 Å². The molecule has 0 amide bonds. The molecule has 0 aliphatic carbocycles. The number of ether oxygens (including phenoxy) is 1. The van der Waals surface area contributed by atoms with Gasteiger partial charge in [-0.3, -0.25) is 0 Å². The minimum absolute atomic E-state index is 0.0114. The number of nitrogens with zero attached hydrogens (tertiary/aromatic N) is 2. The number of rotatable bonds is 9. The van der Waals surface area contributed by atoms with Crippen LogP contribution in [0.1, 0.15) is 12.0 Å². The zero-order chi connectivity index (χ0) is 22.3. The molecule has 0 saturated carbocycles. The lowest BCUT2D eigenvalue weighted by atomic mass is 10.1. The van der Waals surface area contributed by atoms with E-state index in [-0.39, 0.29) is 12.4 Å². The van der Waals surface area contributed by atoms with Crippen molar-refractivity contribution in [2.75, 3.05) is 23.8 Å². The molecular weight excluding hydrogens is 477 g/mol. The third kappa shape index (κ3) is 7.41. The van der Waals surface area contributed by atoms with Crippen LogP contribution in [-0.2, 0) is 6.54 Å². The Balaban J connectivity index is 1.87. The molecule has 31 heavy (non-hydrogen) atoms. The molecule has 3 aromatic rings. The molecule has 2 aromatic carbocycles. The average molecular weight is 497 g/mol. The number of halogens is 4. The zero-order valence-electron chi connectivity index (χ0n) is 16.3. The van der Waals surface area contributed by atoms with Crippen LogP contribution in [0.3, 0.4) is 0 Å². The fourth-order valence-electron chi connectivity index (χ4n) is 2.74. The summed E-state index contributed by atoms with van der Waals surface area (Å²) in [5.41, 5.74) is 1.88. The quantitative estimate of drug-likeness (QED) is 0.353. The van der Waals surface area contributed by atoms with Crippen molar-refractivity contribution in [2.24, 2.45) is 0 Å². The number of aliphatic hydroxyl groups excluding tert-OH is 1. The van der Waals surface area contributed by atoms with Crippen molar-refractivity contribution in [1.29, 1.82) is 0 Å². The molecule has 3 N–H and O–H groups in total. The molecule has 1 heterocycles. The number of anilines is 2. The highest BCUT2D eigenvalue weighted by Crippen LogP contribution is 2.28. The summed E-state index contributed by atoms with van der Waals surface area (Å²) in [6.45, 7) is 0.947. The average Bonchev–Trinajstić information content (AvgIpc) is 2.71. The van der Waals surface area contributed by atoms with Gasteiger partial charge in [-0.1, -0.05) is 40.2 Å². The van der Waals surface area contributed by atoms with Gasteiger partial charge in [0.05, 0.1) is 5.69 Å². The van der Waals surface area contributed by atoms with Crippen LogP contribution in [-0.4, -0.2) is 34.6 Å². The molecule has 1 aromatic heterocycles. The number of hydrogen-bond acceptors (Lipinski definition) is 6. The molecule has 0 bridgehead atoms. The number of hydrogen-bond donors (Lipinski definition) is 3. The van der Waals surface area contributed by atoms with Crippen molar-refractivity contribution < 1.29 is 23.0 Å². The minimum Gasteiger partial charge on any atom is -0.406 e. The summed E-state index contributed by atoms with van der Waals surface area (Å²) in [7, 11) is 0. The van der Waals surface area contributed by atoms with E-state index in [1.807, 2.05) is 24.3 Å². The molecule has 0 unspecified atom stereocenters. The highest BCUT2D eigenvalue weighted by Gasteiger charge is 2.31. The Labute approximate surface area is 185 Å². The summed E-state index contributed by atoms with van der Waals surface area (Å²) < 4.78 is 42.7. The third-order valence-electron chi connectivity index (χ3n) is 4.07. The van der Waals surface area contributed by atoms with Crippen LogP contribution in [0, 0.1) is 0 Å². The molecule has 0 radical (unpaired) electrons. The molecule has 0 atom stereocenters. The molecule has 0 spiro atoms. The summed E-state index contributed by atoms with van der Waals surface area (Å²) in [5, 5.41) is 15.2. The van der Waals surface area contributed by atoms with Crippen molar-refractivity contribution in [3.8, 4) is 17.0 Å². The lowest BCUT2D eigenvalue weighted by Gasteiger charge is -2.13. The van der Waals surface area contributed by atoms with E-state index in [4.69, 9.17) is 5.11 Å². The van der Waals surface area contributed by atoms with Gasteiger partial charge in [0, 0.05) is 35.8 Å². The van der Waals surface area contributed by atoms with Gasteiger partial charge in [0.25, 0.3) is 0 Å². The standard InChI is InChI=1S/C21H20BrF3N4O2/c22-16-6-1-4-14(10-16)13-27-19-12-18(28-20(29-19)26-8-3-9-30)15-5-2-7-17(11-15)31-21(23,24)25/h1-2,4-7,10-12,30H,3,8-9,13H2,(H2,26,27,28,29). The van der Waals surface area contributed by atoms with Crippen molar-refractivity contribution in [3.63, 3.8) is 0 Å². The van der Waals surface area contributed by atoms with Gasteiger partial charge >= 0.3 is 6.36 Å². The van der Waals surface area contributed by atoms with Gasteiger partial charge in [0.15, 0.2) is 0 Å². The lowest BCUT2D eigenvalue weighted by molar-refractivity contribution is -0.274. The van der Waals surface area contributed by atoms with E-state index in [2.05, 4.69) is 41.3 Å². The second-order valence-electron chi connectivity index (χ2n) is 6.53. The van der Waals surface area contributed by atoms with Gasteiger partial charge in [-0.15, -0.1) is 13.2 Å². The van der Waals surface area contributed by atoms with Crippen molar-refractivity contribution >= 4 is 27.7 Å². The Morgan fingerprint density at radius 1 is 1.00 bits per heavy atom. The Morgan fingerprint density at radius 3 is 2.55 bits per heavy atom.